The number of carbonyl (C=O) groups is 1. The Morgan fingerprint density at radius 1 is 1.18 bits per heavy atom. The van der Waals surface area contributed by atoms with Crippen LogP contribution in [0.15, 0.2) is 42.5 Å². The summed E-state index contributed by atoms with van der Waals surface area (Å²) in [5.41, 5.74) is 0.599. The van der Waals surface area contributed by atoms with E-state index in [4.69, 9.17) is 21.1 Å². The molecule has 0 unspecified atom stereocenters. The van der Waals surface area contributed by atoms with E-state index in [0.29, 0.717) is 24.5 Å². The Bertz CT molecular complexity index is 660. The van der Waals surface area contributed by atoms with E-state index in [1.165, 1.54) is 6.07 Å². The third kappa shape index (κ3) is 3.90. The Hall–Kier alpha value is -2.24. The molecule has 0 heterocycles. The van der Waals surface area contributed by atoms with Gasteiger partial charge in [0.25, 0.3) is 5.91 Å². The largest absolute Gasteiger partial charge is 0.504 e. The maximum atomic E-state index is 12.4. The van der Waals surface area contributed by atoms with Crippen molar-refractivity contribution in [2.24, 2.45) is 0 Å². The first-order chi connectivity index (χ1) is 10.6. The van der Waals surface area contributed by atoms with Gasteiger partial charge in [0.05, 0.1) is 22.9 Å². The zero-order chi connectivity index (χ0) is 15.9. The Kier molecular flexibility index (Phi) is 5.63. The number of amides is 1. The molecule has 0 atom stereocenters. The maximum absolute atomic E-state index is 12.4. The monoisotopic (exact) mass is 321 g/mol. The third-order valence-corrected chi connectivity index (χ3v) is 3.22. The first-order valence-corrected chi connectivity index (χ1v) is 7.01. The number of hydrogen-bond acceptors (Lipinski definition) is 4. The van der Waals surface area contributed by atoms with Gasteiger partial charge in [-0.1, -0.05) is 29.8 Å². The van der Waals surface area contributed by atoms with Crippen LogP contribution in [-0.4, -0.2) is 31.3 Å². The Morgan fingerprint density at radius 2 is 1.95 bits per heavy atom. The van der Waals surface area contributed by atoms with Crippen molar-refractivity contribution in [2.45, 2.75) is 0 Å². The highest BCUT2D eigenvalue weighted by molar-refractivity contribution is 6.32. The Labute approximate surface area is 133 Å². The molecule has 0 spiro atoms. The molecule has 0 aromatic heterocycles. The van der Waals surface area contributed by atoms with Crippen LogP contribution in [0.1, 0.15) is 10.4 Å². The lowest BCUT2D eigenvalue weighted by atomic mass is 10.2. The van der Waals surface area contributed by atoms with E-state index in [1.807, 2.05) is 0 Å². The molecule has 6 heteroatoms. The highest BCUT2D eigenvalue weighted by atomic mass is 35.5. The molecule has 0 saturated heterocycles. The summed E-state index contributed by atoms with van der Waals surface area (Å²) in [4.78, 5) is 12.4. The van der Waals surface area contributed by atoms with Crippen molar-refractivity contribution >= 4 is 23.2 Å². The molecule has 5 nitrogen and oxygen atoms in total. The van der Waals surface area contributed by atoms with Gasteiger partial charge in [-0.05, 0) is 24.3 Å². The van der Waals surface area contributed by atoms with Gasteiger partial charge in [0.15, 0.2) is 5.75 Å². The minimum Gasteiger partial charge on any atom is -0.504 e. The number of methoxy groups -OCH3 is 1. The zero-order valence-electron chi connectivity index (χ0n) is 12.0. The van der Waals surface area contributed by atoms with Crippen molar-refractivity contribution < 1.29 is 19.4 Å². The van der Waals surface area contributed by atoms with Gasteiger partial charge in [-0.15, -0.1) is 0 Å². The van der Waals surface area contributed by atoms with Crippen molar-refractivity contribution in [1.82, 2.24) is 0 Å². The third-order valence-electron chi connectivity index (χ3n) is 2.91. The van der Waals surface area contributed by atoms with E-state index >= 15 is 0 Å². The van der Waals surface area contributed by atoms with E-state index in [2.05, 4.69) is 5.32 Å². The first kappa shape index (κ1) is 16.1. The van der Waals surface area contributed by atoms with E-state index in [0.717, 1.165) is 0 Å². The lowest BCUT2D eigenvalue weighted by Gasteiger charge is -2.12. The van der Waals surface area contributed by atoms with Gasteiger partial charge in [0.1, 0.15) is 12.4 Å². The quantitative estimate of drug-likeness (QED) is 0.632. The highest BCUT2D eigenvalue weighted by Crippen LogP contribution is 2.32. The van der Waals surface area contributed by atoms with Gasteiger partial charge in [-0.2, -0.15) is 0 Å². The van der Waals surface area contributed by atoms with Crippen molar-refractivity contribution in [2.75, 3.05) is 25.6 Å². The van der Waals surface area contributed by atoms with E-state index in [1.54, 1.807) is 43.5 Å². The Morgan fingerprint density at radius 3 is 2.73 bits per heavy atom. The standard InChI is InChI=1S/C16H16ClNO4/c1-21-9-10-22-14-8-3-2-5-11(14)16(20)18-13-7-4-6-12(17)15(13)19/h2-8,19H,9-10H2,1H3,(H,18,20). The van der Waals surface area contributed by atoms with Gasteiger partial charge in [0.2, 0.25) is 0 Å². The first-order valence-electron chi connectivity index (χ1n) is 6.63. The molecule has 2 aromatic rings. The van der Waals surface area contributed by atoms with Gasteiger partial charge in [-0.25, -0.2) is 0 Å². The number of carbonyl (C=O) groups excluding carboxylic acids is 1. The summed E-state index contributed by atoms with van der Waals surface area (Å²) in [6.07, 6.45) is 0. The van der Waals surface area contributed by atoms with Gasteiger partial charge in [-0.3, -0.25) is 4.79 Å². The minimum atomic E-state index is -0.398. The van der Waals surface area contributed by atoms with Crippen LogP contribution in [0.4, 0.5) is 5.69 Å². The van der Waals surface area contributed by atoms with Crippen molar-refractivity contribution in [3.05, 3.63) is 53.1 Å². The fourth-order valence-electron chi connectivity index (χ4n) is 1.82. The van der Waals surface area contributed by atoms with Crippen LogP contribution in [0.25, 0.3) is 0 Å². The smallest absolute Gasteiger partial charge is 0.259 e. The van der Waals surface area contributed by atoms with Gasteiger partial charge >= 0.3 is 0 Å². The lowest BCUT2D eigenvalue weighted by molar-refractivity contribution is 0.101. The molecule has 0 aliphatic heterocycles. The molecule has 0 fully saturated rings. The zero-order valence-corrected chi connectivity index (χ0v) is 12.8. The fraction of sp³-hybridized carbons (Fsp3) is 0.188. The van der Waals surface area contributed by atoms with Crippen LogP contribution in [0.5, 0.6) is 11.5 Å². The molecule has 0 aliphatic carbocycles. The molecule has 0 radical (unpaired) electrons. The van der Waals surface area contributed by atoms with E-state index in [-0.39, 0.29) is 16.5 Å². The van der Waals surface area contributed by atoms with Crippen LogP contribution < -0.4 is 10.1 Å². The van der Waals surface area contributed by atoms with Gasteiger partial charge in [0, 0.05) is 7.11 Å². The second-order valence-electron chi connectivity index (χ2n) is 4.43. The summed E-state index contributed by atoms with van der Waals surface area (Å²) in [5, 5.41) is 12.6. The molecule has 0 aliphatic rings. The van der Waals surface area contributed by atoms with Crippen molar-refractivity contribution in [1.29, 1.82) is 0 Å². The van der Waals surface area contributed by atoms with Crippen LogP contribution in [0, 0.1) is 0 Å². The second kappa shape index (κ2) is 7.68. The maximum Gasteiger partial charge on any atom is 0.259 e. The number of hydrogen-bond donors (Lipinski definition) is 2. The normalized spacial score (nSPS) is 10.3. The van der Waals surface area contributed by atoms with E-state index < -0.39 is 5.91 Å². The highest BCUT2D eigenvalue weighted by Gasteiger charge is 2.14. The van der Waals surface area contributed by atoms with Gasteiger partial charge < -0.3 is 19.9 Å². The van der Waals surface area contributed by atoms with Crippen molar-refractivity contribution in [3.8, 4) is 11.5 Å². The summed E-state index contributed by atoms with van der Waals surface area (Å²) in [6.45, 7) is 0.758. The molecule has 2 N–H and O–H groups in total. The number of aromatic hydroxyl groups is 1. The molecule has 2 aromatic carbocycles. The number of benzene rings is 2. The Balaban J connectivity index is 2.17. The van der Waals surface area contributed by atoms with Crippen LogP contribution in [0.2, 0.25) is 5.02 Å². The number of nitrogens with one attached hydrogen (secondary N) is 1. The van der Waals surface area contributed by atoms with E-state index in [9.17, 15) is 9.90 Å². The average Bonchev–Trinajstić information content (AvgIpc) is 2.52. The van der Waals surface area contributed by atoms with Crippen LogP contribution in [0.3, 0.4) is 0 Å². The molecule has 116 valence electrons. The van der Waals surface area contributed by atoms with Crippen LogP contribution >= 0.6 is 11.6 Å². The number of phenols is 1. The average molecular weight is 322 g/mol. The minimum absolute atomic E-state index is 0.169. The summed E-state index contributed by atoms with van der Waals surface area (Å²) >= 11 is 5.82. The molecule has 1 amide bonds. The fourth-order valence-corrected chi connectivity index (χ4v) is 2.00. The summed E-state index contributed by atoms with van der Waals surface area (Å²) in [7, 11) is 1.57. The predicted molar refractivity (Wildman–Crippen MR) is 84.9 cm³/mol. The number of phenolic OH excluding ortho intramolecular Hbond substituents is 1. The number of para-hydroxylation sites is 2. The molecular weight excluding hydrogens is 306 g/mol. The number of anilines is 1. The van der Waals surface area contributed by atoms with Crippen molar-refractivity contribution in [3.63, 3.8) is 0 Å². The summed E-state index contributed by atoms with van der Waals surface area (Å²) in [6, 6.07) is 11.6. The number of rotatable bonds is 6. The molecule has 0 bridgehead atoms. The topological polar surface area (TPSA) is 67.8 Å². The second-order valence-corrected chi connectivity index (χ2v) is 4.83. The molecule has 22 heavy (non-hydrogen) atoms. The predicted octanol–water partition coefficient (Wildman–Crippen LogP) is 3.32. The molecular formula is C16H16ClNO4. The number of ether oxygens (including phenoxy) is 2. The SMILES string of the molecule is COCCOc1ccccc1C(=O)Nc1cccc(Cl)c1O. The molecule has 2 rings (SSSR count). The summed E-state index contributed by atoms with van der Waals surface area (Å²) in [5.74, 6) is -0.126. The summed E-state index contributed by atoms with van der Waals surface area (Å²) < 4.78 is 10.4. The van der Waals surface area contributed by atoms with Crippen LogP contribution in [-0.2, 0) is 4.74 Å². The molecule has 0 saturated carbocycles. The number of halogens is 1. The lowest BCUT2D eigenvalue weighted by Crippen LogP contribution is -2.15.